The Morgan fingerprint density at radius 3 is 1.23 bits per heavy atom. The summed E-state index contributed by atoms with van der Waals surface area (Å²) in [6.07, 6.45) is 3.09. The van der Waals surface area contributed by atoms with Crippen LogP contribution in [0.5, 0.6) is 11.5 Å². The molecule has 0 aromatic heterocycles. The Bertz CT molecular complexity index is 1150. The van der Waals surface area contributed by atoms with Crippen molar-refractivity contribution in [2.24, 2.45) is 9.98 Å². The van der Waals surface area contributed by atoms with Crippen LogP contribution in [0.4, 0.5) is 8.78 Å². The molecule has 0 N–H and O–H groups in total. The smallest absolute Gasteiger partial charge is 0.872 e. The molecule has 0 amide bonds. The molecule has 7 heteroatoms. The van der Waals surface area contributed by atoms with Gasteiger partial charge < -0.3 is 10.2 Å². The SMILES string of the molecule is [Ni+2].[O-]c1ccccc1C=NCc1ccc(F)cc1.[O-]c1ccccc1C=NCc1ccc(F)cc1. The van der Waals surface area contributed by atoms with Crippen LogP contribution in [-0.2, 0) is 29.6 Å². The summed E-state index contributed by atoms with van der Waals surface area (Å²) in [4.78, 5) is 8.31. The fraction of sp³-hybridized carbons (Fsp3) is 0.0714. The van der Waals surface area contributed by atoms with Gasteiger partial charge in [-0.05, 0) is 46.5 Å². The van der Waals surface area contributed by atoms with Gasteiger partial charge in [0.2, 0.25) is 0 Å². The second-order valence-electron chi connectivity index (χ2n) is 7.27. The third kappa shape index (κ3) is 9.51. The minimum Gasteiger partial charge on any atom is -0.872 e. The standard InChI is InChI=1S/2C14H12FNO.Ni/c2*15-13-7-5-11(6-8-13)9-16-10-12-3-1-2-4-14(12)17;/h2*1-8,10,17H,9H2;/q;;+2/p-2. The van der Waals surface area contributed by atoms with Gasteiger partial charge in [0.1, 0.15) is 11.6 Å². The average molecular weight is 515 g/mol. The number of hydrogen-bond donors (Lipinski definition) is 0. The Balaban J connectivity index is 0.000000240. The van der Waals surface area contributed by atoms with E-state index in [1.807, 2.05) is 0 Å². The molecule has 0 aliphatic rings. The van der Waals surface area contributed by atoms with Crippen LogP contribution < -0.4 is 10.2 Å². The second-order valence-corrected chi connectivity index (χ2v) is 7.27. The van der Waals surface area contributed by atoms with Gasteiger partial charge in [-0.2, -0.15) is 0 Å². The average Bonchev–Trinajstić information content (AvgIpc) is 2.84. The summed E-state index contributed by atoms with van der Waals surface area (Å²) in [5, 5.41) is 22.7. The van der Waals surface area contributed by atoms with E-state index in [1.165, 1.54) is 36.4 Å². The van der Waals surface area contributed by atoms with Crippen LogP contribution in [0.25, 0.3) is 0 Å². The summed E-state index contributed by atoms with van der Waals surface area (Å²) >= 11 is 0. The molecule has 0 fully saturated rings. The maximum Gasteiger partial charge on any atom is 2.00 e. The molecular weight excluding hydrogens is 493 g/mol. The third-order valence-corrected chi connectivity index (χ3v) is 4.67. The first-order chi connectivity index (χ1) is 16.5. The Morgan fingerprint density at radius 2 is 0.886 bits per heavy atom. The molecule has 0 saturated carbocycles. The van der Waals surface area contributed by atoms with Crippen LogP contribution >= 0.6 is 0 Å². The fourth-order valence-corrected chi connectivity index (χ4v) is 2.85. The predicted molar refractivity (Wildman–Crippen MR) is 127 cm³/mol. The number of para-hydroxylation sites is 2. The van der Waals surface area contributed by atoms with E-state index >= 15 is 0 Å². The van der Waals surface area contributed by atoms with Crippen LogP contribution in [-0.4, -0.2) is 12.4 Å². The third-order valence-electron chi connectivity index (χ3n) is 4.67. The van der Waals surface area contributed by atoms with E-state index in [0.29, 0.717) is 24.2 Å². The summed E-state index contributed by atoms with van der Waals surface area (Å²) in [5.74, 6) is -0.615. The molecule has 35 heavy (non-hydrogen) atoms. The number of rotatable bonds is 6. The van der Waals surface area contributed by atoms with Gasteiger partial charge in [-0.3, -0.25) is 9.98 Å². The molecule has 0 saturated heterocycles. The predicted octanol–water partition coefficient (Wildman–Crippen LogP) is 5.03. The molecule has 0 spiro atoms. The molecule has 0 heterocycles. The van der Waals surface area contributed by atoms with E-state index in [-0.39, 0.29) is 39.6 Å². The van der Waals surface area contributed by atoms with Crippen molar-refractivity contribution in [3.63, 3.8) is 0 Å². The zero-order chi connectivity index (χ0) is 24.2. The van der Waals surface area contributed by atoms with Gasteiger partial charge in [0.25, 0.3) is 0 Å². The van der Waals surface area contributed by atoms with E-state index in [2.05, 4.69) is 9.98 Å². The van der Waals surface area contributed by atoms with E-state index in [9.17, 15) is 19.0 Å². The van der Waals surface area contributed by atoms with E-state index in [4.69, 9.17) is 0 Å². The molecule has 4 rings (SSSR count). The van der Waals surface area contributed by atoms with Gasteiger partial charge in [-0.1, -0.05) is 72.8 Å². The molecule has 0 aliphatic carbocycles. The minimum absolute atomic E-state index is 0. The Kier molecular flexibility index (Phi) is 11.3. The van der Waals surface area contributed by atoms with Gasteiger partial charge in [-0.25, -0.2) is 8.78 Å². The van der Waals surface area contributed by atoms with E-state index in [1.54, 1.807) is 73.1 Å². The van der Waals surface area contributed by atoms with Gasteiger partial charge in [0, 0.05) is 12.4 Å². The van der Waals surface area contributed by atoms with Crippen molar-refractivity contribution in [2.45, 2.75) is 13.1 Å². The molecule has 0 bridgehead atoms. The fourth-order valence-electron chi connectivity index (χ4n) is 2.85. The van der Waals surface area contributed by atoms with Crippen LogP contribution in [0, 0.1) is 11.6 Å². The molecule has 0 aliphatic heterocycles. The van der Waals surface area contributed by atoms with Crippen LogP contribution in [0.15, 0.2) is 107 Å². The molecule has 4 aromatic rings. The monoisotopic (exact) mass is 514 g/mol. The van der Waals surface area contributed by atoms with Gasteiger partial charge in [-0.15, -0.1) is 11.5 Å². The summed E-state index contributed by atoms with van der Waals surface area (Å²) in [7, 11) is 0. The van der Waals surface area contributed by atoms with Gasteiger partial charge in [0.15, 0.2) is 0 Å². The van der Waals surface area contributed by atoms with Crippen molar-refractivity contribution in [1.29, 1.82) is 0 Å². The van der Waals surface area contributed by atoms with Crippen LogP contribution in [0.1, 0.15) is 22.3 Å². The molecule has 180 valence electrons. The number of benzene rings is 4. The Morgan fingerprint density at radius 1 is 0.543 bits per heavy atom. The van der Waals surface area contributed by atoms with Crippen molar-refractivity contribution >= 4 is 12.4 Å². The molecule has 0 atom stereocenters. The summed E-state index contributed by atoms with van der Waals surface area (Å²) in [6, 6.07) is 25.7. The topological polar surface area (TPSA) is 70.8 Å². The zero-order valence-corrected chi connectivity index (χ0v) is 19.6. The van der Waals surface area contributed by atoms with Crippen molar-refractivity contribution in [1.82, 2.24) is 0 Å². The largest absolute Gasteiger partial charge is 2.00 e. The summed E-state index contributed by atoms with van der Waals surface area (Å²) in [6.45, 7) is 0.878. The minimum atomic E-state index is -0.261. The van der Waals surface area contributed by atoms with Crippen molar-refractivity contribution in [3.05, 3.63) is 131 Å². The summed E-state index contributed by atoms with van der Waals surface area (Å²) < 4.78 is 25.3. The first-order valence-electron chi connectivity index (χ1n) is 10.5. The molecule has 4 aromatic carbocycles. The quantitative estimate of drug-likeness (QED) is 0.267. The Labute approximate surface area is 213 Å². The van der Waals surface area contributed by atoms with Crippen LogP contribution in [0.2, 0.25) is 0 Å². The van der Waals surface area contributed by atoms with Crippen LogP contribution in [0.3, 0.4) is 0 Å². The summed E-state index contributed by atoms with van der Waals surface area (Å²) in [5.41, 5.74) is 2.95. The number of hydrogen-bond acceptors (Lipinski definition) is 4. The molecular formula is C28H22F2N2NiO2. The molecule has 4 nitrogen and oxygen atoms in total. The van der Waals surface area contributed by atoms with E-state index < -0.39 is 0 Å². The van der Waals surface area contributed by atoms with E-state index in [0.717, 1.165) is 11.1 Å². The normalized spacial score (nSPS) is 10.6. The molecule has 0 radical (unpaired) electrons. The van der Waals surface area contributed by atoms with Gasteiger partial charge >= 0.3 is 16.5 Å². The zero-order valence-electron chi connectivity index (χ0n) is 18.6. The van der Waals surface area contributed by atoms with Crippen molar-refractivity contribution in [3.8, 4) is 11.5 Å². The Hall–Kier alpha value is -3.83. The first-order valence-corrected chi connectivity index (χ1v) is 10.5. The second kappa shape index (κ2) is 14.4. The molecule has 0 unspecified atom stereocenters. The maximum absolute atomic E-state index is 12.6. The number of aliphatic imine (C=N–C) groups is 2. The first kappa shape index (κ1) is 27.4. The number of nitrogens with zero attached hydrogens (tertiary/aromatic N) is 2. The van der Waals surface area contributed by atoms with Crippen molar-refractivity contribution in [2.75, 3.05) is 0 Å². The van der Waals surface area contributed by atoms with Crippen molar-refractivity contribution < 1.29 is 35.5 Å². The maximum atomic E-state index is 12.6. The number of halogens is 2. The van der Waals surface area contributed by atoms with Gasteiger partial charge in [0.05, 0.1) is 13.1 Å².